The molecule has 13 heteroatoms. The summed E-state index contributed by atoms with van der Waals surface area (Å²) >= 11 is 6.14. The summed E-state index contributed by atoms with van der Waals surface area (Å²) in [6, 6.07) is 9.39. The Bertz CT molecular complexity index is 1430. The molecule has 3 aromatic rings. The molecule has 2 aliphatic rings. The number of oxazole rings is 1. The Morgan fingerprint density at radius 2 is 2.03 bits per heavy atom. The highest BCUT2D eigenvalue weighted by Crippen LogP contribution is 2.45. The highest BCUT2D eigenvalue weighted by atomic mass is 35.5. The van der Waals surface area contributed by atoms with Crippen LogP contribution < -0.4 is 10.1 Å². The maximum atomic E-state index is 14.1. The van der Waals surface area contributed by atoms with Gasteiger partial charge in [0.2, 0.25) is 5.91 Å². The maximum absolute atomic E-state index is 14.1. The Morgan fingerprint density at radius 1 is 1.26 bits per heavy atom. The summed E-state index contributed by atoms with van der Waals surface area (Å²) in [6.45, 7) is 4.06. The number of nitrogens with zero attached hydrogens (tertiary/aromatic N) is 5. The molecule has 1 N–H and O–H groups in total. The molecule has 0 bridgehead atoms. The van der Waals surface area contributed by atoms with Gasteiger partial charge in [0.1, 0.15) is 42.2 Å². The Balaban J connectivity index is 1.70. The van der Waals surface area contributed by atoms with Crippen molar-refractivity contribution in [3.63, 3.8) is 0 Å². The minimum absolute atomic E-state index is 0.130. The van der Waals surface area contributed by atoms with Crippen LogP contribution in [0.2, 0.25) is 5.02 Å². The molecule has 2 atom stereocenters. The van der Waals surface area contributed by atoms with Crippen LogP contribution in [0.3, 0.4) is 0 Å². The largest absolute Gasteiger partial charge is 0.490 e. The lowest BCUT2D eigenvalue weighted by atomic mass is 9.98. The molecule has 2 aromatic carbocycles. The fourth-order valence-corrected chi connectivity index (χ4v) is 4.77. The molecule has 39 heavy (non-hydrogen) atoms. The molecule has 12 nitrogen and oxygen atoms in total. The minimum Gasteiger partial charge on any atom is -0.490 e. The first-order valence-electron chi connectivity index (χ1n) is 12.2. The average Bonchev–Trinajstić information content (AvgIpc) is 3.56. The number of urea groups is 1. The van der Waals surface area contributed by atoms with Gasteiger partial charge in [0, 0.05) is 24.2 Å². The molecular formula is C26H25ClN6O6. The number of hydrogen-bond donors (Lipinski definition) is 1. The summed E-state index contributed by atoms with van der Waals surface area (Å²) in [5.74, 6) is 0.144. The number of non-ortho nitro benzene ring substituents is 1. The van der Waals surface area contributed by atoms with E-state index in [9.17, 15) is 19.7 Å². The lowest BCUT2D eigenvalue weighted by molar-refractivity contribution is -0.384. The lowest BCUT2D eigenvalue weighted by Gasteiger charge is -2.35. The zero-order valence-electron chi connectivity index (χ0n) is 21.1. The fraction of sp³-hybridized carbons (Fsp3) is 0.308. The Labute approximate surface area is 228 Å². The van der Waals surface area contributed by atoms with Crippen molar-refractivity contribution >= 4 is 35.1 Å². The first-order valence-corrected chi connectivity index (χ1v) is 12.6. The number of ether oxygens (including phenoxy) is 1. The second kappa shape index (κ2) is 10.7. The normalized spacial score (nSPS) is 19.2. The number of amidine groups is 1. The first kappa shape index (κ1) is 26.2. The second-order valence-corrected chi connectivity index (χ2v) is 9.77. The van der Waals surface area contributed by atoms with Crippen LogP contribution in [0.15, 0.2) is 64.5 Å². The molecule has 0 aliphatic carbocycles. The number of piperazine rings is 1. The standard InChI is InChI=1S/C26H25ClN6O6/c1-15(2)39-21-11-18(33(36)37)7-8-19(21)25-30-23(16-3-5-17(27)6-4-16)24(20-13-38-14-29-20)32(25)26(35)31-10-9-28-22(34)12-31/h3-8,11,13-15,23-24H,9-10,12H2,1-2H3,(H,28,34)/t23-,24+/m0/s1. The number of aliphatic imine (C=N–C) groups is 1. The summed E-state index contributed by atoms with van der Waals surface area (Å²) in [5, 5.41) is 14.8. The molecule has 1 saturated heterocycles. The number of nitro groups is 1. The number of carbonyl (C=O) groups excluding carboxylic acids is 2. The van der Waals surface area contributed by atoms with Gasteiger partial charge in [-0.2, -0.15) is 0 Å². The number of benzene rings is 2. The molecule has 5 rings (SSSR count). The van der Waals surface area contributed by atoms with Crippen molar-refractivity contribution in [1.82, 2.24) is 20.1 Å². The summed E-state index contributed by atoms with van der Waals surface area (Å²) < 4.78 is 11.3. The SMILES string of the molecule is CC(C)Oc1cc([N+](=O)[O-])ccc1C1=N[C@@H](c2ccc(Cl)cc2)[C@@H](c2cocn2)N1C(=O)N1CCNC(=O)C1. The van der Waals surface area contributed by atoms with Crippen LogP contribution in [0.25, 0.3) is 0 Å². The predicted molar refractivity (Wildman–Crippen MR) is 141 cm³/mol. The number of aromatic nitrogens is 1. The van der Waals surface area contributed by atoms with Crippen LogP contribution in [-0.2, 0) is 4.79 Å². The summed E-state index contributed by atoms with van der Waals surface area (Å²) in [7, 11) is 0. The van der Waals surface area contributed by atoms with Gasteiger partial charge in [-0.15, -0.1) is 0 Å². The van der Waals surface area contributed by atoms with Crippen molar-refractivity contribution in [2.45, 2.75) is 32.0 Å². The molecule has 1 aromatic heterocycles. The molecule has 3 heterocycles. The molecule has 0 radical (unpaired) electrons. The monoisotopic (exact) mass is 552 g/mol. The van der Waals surface area contributed by atoms with Gasteiger partial charge in [-0.05, 0) is 37.6 Å². The summed E-state index contributed by atoms with van der Waals surface area (Å²) in [4.78, 5) is 49.5. The number of amides is 3. The second-order valence-electron chi connectivity index (χ2n) is 9.34. The number of carbonyl (C=O) groups is 2. The van der Waals surface area contributed by atoms with Gasteiger partial charge in [0.15, 0.2) is 6.39 Å². The molecule has 0 spiro atoms. The van der Waals surface area contributed by atoms with Crippen LogP contribution >= 0.6 is 11.6 Å². The number of nitro benzene ring substituents is 1. The zero-order valence-corrected chi connectivity index (χ0v) is 21.9. The molecule has 0 saturated carbocycles. The van der Waals surface area contributed by atoms with E-state index in [1.54, 1.807) is 26.0 Å². The third-order valence-corrected chi connectivity index (χ3v) is 6.58. The van der Waals surface area contributed by atoms with E-state index >= 15 is 0 Å². The number of hydrogen-bond acceptors (Lipinski definition) is 8. The van der Waals surface area contributed by atoms with E-state index < -0.39 is 23.0 Å². The van der Waals surface area contributed by atoms with Gasteiger partial charge in [0.25, 0.3) is 5.69 Å². The van der Waals surface area contributed by atoms with Gasteiger partial charge < -0.3 is 19.4 Å². The van der Waals surface area contributed by atoms with Gasteiger partial charge in [-0.3, -0.25) is 24.8 Å². The molecular weight excluding hydrogens is 528 g/mol. The Kier molecular flexibility index (Phi) is 7.20. The number of rotatable bonds is 6. The molecule has 202 valence electrons. The van der Waals surface area contributed by atoms with Crippen LogP contribution in [0, 0.1) is 10.1 Å². The summed E-state index contributed by atoms with van der Waals surface area (Å²) in [5.41, 5.74) is 1.41. The zero-order chi connectivity index (χ0) is 27.7. The van der Waals surface area contributed by atoms with E-state index in [1.165, 1.54) is 40.7 Å². The van der Waals surface area contributed by atoms with Crippen LogP contribution in [0.4, 0.5) is 10.5 Å². The van der Waals surface area contributed by atoms with Crippen molar-refractivity contribution < 1.29 is 23.7 Å². The molecule has 1 fully saturated rings. The predicted octanol–water partition coefficient (Wildman–Crippen LogP) is 4.12. The minimum atomic E-state index is -0.750. The number of halogens is 1. The summed E-state index contributed by atoms with van der Waals surface area (Å²) in [6.07, 6.45) is 2.39. The fourth-order valence-electron chi connectivity index (χ4n) is 4.64. The van der Waals surface area contributed by atoms with Gasteiger partial charge in [0.05, 0.1) is 22.7 Å². The first-order chi connectivity index (χ1) is 18.7. The van der Waals surface area contributed by atoms with Gasteiger partial charge >= 0.3 is 6.03 Å². The van der Waals surface area contributed by atoms with Crippen LogP contribution in [-0.4, -0.2) is 63.2 Å². The third-order valence-electron chi connectivity index (χ3n) is 6.33. The Hall–Kier alpha value is -4.45. The van der Waals surface area contributed by atoms with Crippen LogP contribution in [0.5, 0.6) is 5.75 Å². The quantitative estimate of drug-likeness (QED) is 0.358. The van der Waals surface area contributed by atoms with E-state index in [4.69, 9.17) is 25.7 Å². The van der Waals surface area contributed by atoms with Gasteiger partial charge in [-0.25, -0.2) is 9.78 Å². The lowest BCUT2D eigenvalue weighted by Crippen LogP contribution is -2.55. The van der Waals surface area contributed by atoms with E-state index in [2.05, 4.69) is 10.3 Å². The maximum Gasteiger partial charge on any atom is 0.326 e. The highest BCUT2D eigenvalue weighted by Gasteiger charge is 2.46. The van der Waals surface area contributed by atoms with E-state index in [0.29, 0.717) is 29.4 Å². The molecule has 2 aliphatic heterocycles. The smallest absolute Gasteiger partial charge is 0.326 e. The number of nitrogens with one attached hydrogen (secondary N) is 1. The molecule has 0 unspecified atom stereocenters. The topological polar surface area (TPSA) is 143 Å². The van der Waals surface area contributed by atoms with Crippen molar-refractivity contribution in [3.05, 3.63) is 87.1 Å². The Morgan fingerprint density at radius 3 is 2.67 bits per heavy atom. The van der Waals surface area contributed by atoms with Crippen molar-refractivity contribution in [3.8, 4) is 5.75 Å². The van der Waals surface area contributed by atoms with Gasteiger partial charge in [-0.1, -0.05) is 23.7 Å². The average molecular weight is 553 g/mol. The van der Waals surface area contributed by atoms with E-state index in [1.807, 2.05) is 12.1 Å². The highest BCUT2D eigenvalue weighted by molar-refractivity contribution is 6.30. The van der Waals surface area contributed by atoms with Crippen molar-refractivity contribution in [1.29, 1.82) is 0 Å². The van der Waals surface area contributed by atoms with Crippen molar-refractivity contribution in [2.24, 2.45) is 4.99 Å². The molecule has 3 amide bonds. The van der Waals surface area contributed by atoms with E-state index in [0.717, 1.165) is 5.56 Å². The van der Waals surface area contributed by atoms with Crippen molar-refractivity contribution in [2.75, 3.05) is 19.6 Å². The van der Waals surface area contributed by atoms with Crippen LogP contribution in [0.1, 0.15) is 42.8 Å². The van der Waals surface area contributed by atoms with E-state index in [-0.39, 0.29) is 35.8 Å². The third kappa shape index (κ3) is 5.28.